The Labute approximate surface area is 139 Å². The van der Waals surface area contributed by atoms with E-state index in [2.05, 4.69) is 5.10 Å². The average Bonchev–Trinajstić information content (AvgIpc) is 3.15. The second kappa shape index (κ2) is 6.54. The maximum atomic E-state index is 12.7. The summed E-state index contributed by atoms with van der Waals surface area (Å²) in [4.78, 5) is 26.4. The van der Waals surface area contributed by atoms with E-state index in [1.165, 1.54) is 21.9 Å². The largest absolute Gasteiger partial charge is 0.463 e. The van der Waals surface area contributed by atoms with Crippen LogP contribution in [0.15, 0.2) is 70.1 Å². The minimum absolute atomic E-state index is 0.229. The number of benzene rings is 1. The summed E-state index contributed by atoms with van der Waals surface area (Å²) in [5, 5.41) is 4.27. The van der Waals surface area contributed by atoms with Crippen LogP contribution in [0.1, 0.15) is 13.0 Å². The number of furan rings is 1. The Balaban J connectivity index is 1.92. The third-order valence-corrected chi connectivity index (χ3v) is 3.80. The number of likely N-dealkylation sites (N-methyl/N-ethyl adjacent to an activating group) is 1. The molecule has 1 amide bonds. The predicted molar refractivity (Wildman–Crippen MR) is 90.8 cm³/mol. The predicted octanol–water partition coefficient (Wildman–Crippen LogP) is 2.73. The van der Waals surface area contributed by atoms with Crippen molar-refractivity contribution in [3.8, 4) is 11.5 Å². The lowest BCUT2D eigenvalue weighted by Gasteiger charge is -2.22. The zero-order valence-electron chi connectivity index (χ0n) is 13.4. The van der Waals surface area contributed by atoms with Crippen molar-refractivity contribution in [2.75, 3.05) is 11.9 Å². The molecule has 0 fully saturated rings. The van der Waals surface area contributed by atoms with Crippen LogP contribution in [0.2, 0.25) is 0 Å². The highest BCUT2D eigenvalue weighted by Gasteiger charge is 2.22. The quantitative estimate of drug-likeness (QED) is 0.740. The molecule has 1 atom stereocenters. The molecule has 0 N–H and O–H groups in total. The fourth-order valence-corrected chi connectivity index (χ4v) is 2.42. The topological polar surface area (TPSA) is 68.3 Å². The number of nitrogens with zero attached hydrogens (tertiary/aromatic N) is 3. The van der Waals surface area contributed by atoms with Crippen LogP contribution in [-0.4, -0.2) is 22.7 Å². The van der Waals surface area contributed by atoms with Gasteiger partial charge < -0.3 is 9.32 Å². The van der Waals surface area contributed by atoms with Crippen LogP contribution in [0.3, 0.4) is 0 Å². The molecule has 6 nitrogen and oxygen atoms in total. The molecule has 0 radical (unpaired) electrons. The number of anilines is 1. The minimum atomic E-state index is -0.738. The fraction of sp³-hybridized carbons (Fsp3) is 0.167. The summed E-state index contributed by atoms with van der Waals surface area (Å²) in [5.41, 5.74) is 0.916. The summed E-state index contributed by atoms with van der Waals surface area (Å²) in [6, 6.07) is 15.0. The molecule has 1 aromatic carbocycles. The van der Waals surface area contributed by atoms with Gasteiger partial charge in [0, 0.05) is 18.8 Å². The number of hydrogen-bond acceptors (Lipinski definition) is 4. The van der Waals surface area contributed by atoms with E-state index in [-0.39, 0.29) is 11.5 Å². The summed E-state index contributed by atoms with van der Waals surface area (Å²) in [5.74, 6) is 0.312. The van der Waals surface area contributed by atoms with Gasteiger partial charge in [-0.3, -0.25) is 9.59 Å². The molecule has 2 aromatic heterocycles. The number of carbonyl (C=O) groups excluding carboxylic acids is 1. The van der Waals surface area contributed by atoms with Crippen LogP contribution < -0.4 is 10.5 Å². The Bertz CT molecular complexity index is 885. The van der Waals surface area contributed by atoms with Gasteiger partial charge in [-0.2, -0.15) is 5.10 Å². The van der Waals surface area contributed by atoms with E-state index in [0.29, 0.717) is 11.5 Å². The van der Waals surface area contributed by atoms with Gasteiger partial charge in [0.1, 0.15) is 11.7 Å². The molecular formula is C18H17N3O3. The van der Waals surface area contributed by atoms with Crippen molar-refractivity contribution < 1.29 is 9.21 Å². The van der Waals surface area contributed by atoms with Crippen molar-refractivity contribution in [3.05, 3.63) is 71.2 Å². The van der Waals surface area contributed by atoms with E-state index in [1.54, 1.807) is 32.2 Å². The maximum Gasteiger partial charge on any atom is 0.267 e. The molecule has 3 aromatic rings. The maximum absolute atomic E-state index is 12.7. The first kappa shape index (κ1) is 15.7. The summed E-state index contributed by atoms with van der Waals surface area (Å²) < 4.78 is 6.48. The van der Waals surface area contributed by atoms with Gasteiger partial charge in [-0.05, 0) is 37.3 Å². The van der Waals surface area contributed by atoms with E-state index in [9.17, 15) is 9.59 Å². The number of hydrogen-bond donors (Lipinski definition) is 0. The molecular weight excluding hydrogens is 306 g/mol. The summed E-state index contributed by atoms with van der Waals surface area (Å²) in [7, 11) is 1.68. The lowest BCUT2D eigenvalue weighted by molar-refractivity contribution is -0.121. The molecule has 0 spiro atoms. The Morgan fingerprint density at radius 3 is 2.54 bits per heavy atom. The highest BCUT2D eigenvalue weighted by Crippen LogP contribution is 2.18. The Kier molecular flexibility index (Phi) is 4.29. The second-order valence-electron chi connectivity index (χ2n) is 5.39. The summed E-state index contributed by atoms with van der Waals surface area (Å²) in [6.45, 7) is 1.65. The number of para-hydroxylation sites is 1. The van der Waals surface area contributed by atoms with E-state index >= 15 is 0 Å². The van der Waals surface area contributed by atoms with Gasteiger partial charge >= 0.3 is 0 Å². The molecule has 0 aliphatic rings. The zero-order chi connectivity index (χ0) is 17.1. The number of rotatable bonds is 4. The monoisotopic (exact) mass is 323 g/mol. The standard InChI is InChI=1S/C18H17N3O3/c1-13(18(23)20(2)14-7-4-3-5-8-14)21-17(22)11-10-15(19-21)16-9-6-12-24-16/h3-13H,1-2H3. The van der Waals surface area contributed by atoms with Crippen LogP contribution in [0.25, 0.3) is 11.5 Å². The highest BCUT2D eigenvalue weighted by molar-refractivity contribution is 5.95. The SMILES string of the molecule is CC(C(=O)N(C)c1ccccc1)n1nc(-c2ccco2)ccc1=O. The van der Waals surface area contributed by atoms with Crippen LogP contribution in [0.5, 0.6) is 0 Å². The molecule has 0 saturated carbocycles. The smallest absolute Gasteiger partial charge is 0.267 e. The summed E-state index contributed by atoms with van der Waals surface area (Å²) >= 11 is 0. The van der Waals surface area contributed by atoms with Gasteiger partial charge in [-0.15, -0.1) is 0 Å². The van der Waals surface area contributed by atoms with Crippen molar-refractivity contribution in [1.29, 1.82) is 0 Å². The zero-order valence-corrected chi connectivity index (χ0v) is 13.4. The van der Waals surface area contributed by atoms with Crippen LogP contribution in [0.4, 0.5) is 5.69 Å². The van der Waals surface area contributed by atoms with Crippen molar-refractivity contribution in [1.82, 2.24) is 9.78 Å². The number of aromatic nitrogens is 2. The first-order chi connectivity index (χ1) is 11.6. The fourth-order valence-electron chi connectivity index (χ4n) is 2.42. The van der Waals surface area contributed by atoms with Gasteiger partial charge in [-0.25, -0.2) is 4.68 Å². The van der Waals surface area contributed by atoms with E-state index in [1.807, 2.05) is 30.3 Å². The van der Waals surface area contributed by atoms with Crippen molar-refractivity contribution in [2.24, 2.45) is 0 Å². The molecule has 0 saturated heterocycles. The lowest BCUT2D eigenvalue weighted by Crippen LogP contribution is -2.38. The molecule has 1 unspecified atom stereocenters. The molecule has 2 heterocycles. The highest BCUT2D eigenvalue weighted by atomic mass is 16.3. The molecule has 3 rings (SSSR count). The van der Waals surface area contributed by atoms with Gasteiger partial charge in [-0.1, -0.05) is 18.2 Å². The Morgan fingerprint density at radius 2 is 1.88 bits per heavy atom. The normalized spacial score (nSPS) is 11.9. The second-order valence-corrected chi connectivity index (χ2v) is 5.39. The lowest BCUT2D eigenvalue weighted by atomic mass is 10.2. The van der Waals surface area contributed by atoms with Crippen LogP contribution in [0, 0.1) is 0 Å². The third-order valence-electron chi connectivity index (χ3n) is 3.80. The van der Waals surface area contributed by atoms with Crippen molar-refractivity contribution >= 4 is 11.6 Å². The average molecular weight is 323 g/mol. The summed E-state index contributed by atoms with van der Waals surface area (Å²) in [6.07, 6.45) is 1.53. The first-order valence-corrected chi connectivity index (χ1v) is 7.54. The van der Waals surface area contributed by atoms with Crippen LogP contribution >= 0.6 is 0 Å². The van der Waals surface area contributed by atoms with Crippen molar-refractivity contribution in [3.63, 3.8) is 0 Å². The van der Waals surface area contributed by atoms with E-state index in [0.717, 1.165) is 5.69 Å². The molecule has 0 bridgehead atoms. The molecule has 122 valence electrons. The molecule has 0 aliphatic carbocycles. The number of amides is 1. The molecule has 24 heavy (non-hydrogen) atoms. The van der Waals surface area contributed by atoms with Crippen LogP contribution in [-0.2, 0) is 4.79 Å². The van der Waals surface area contributed by atoms with Gasteiger partial charge in [0.15, 0.2) is 5.76 Å². The number of carbonyl (C=O) groups is 1. The molecule has 0 aliphatic heterocycles. The van der Waals surface area contributed by atoms with E-state index in [4.69, 9.17) is 4.42 Å². The van der Waals surface area contributed by atoms with Gasteiger partial charge in [0.25, 0.3) is 11.5 Å². The van der Waals surface area contributed by atoms with Gasteiger partial charge in [0.2, 0.25) is 0 Å². The van der Waals surface area contributed by atoms with E-state index < -0.39 is 6.04 Å². The van der Waals surface area contributed by atoms with Gasteiger partial charge in [0.05, 0.1) is 6.26 Å². The molecule has 6 heteroatoms. The first-order valence-electron chi connectivity index (χ1n) is 7.54. The third kappa shape index (κ3) is 2.99. The van der Waals surface area contributed by atoms with Crippen molar-refractivity contribution in [2.45, 2.75) is 13.0 Å². The Morgan fingerprint density at radius 1 is 1.12 bits per heavy atom. The minimum Gasteiger partial charge on any atom is -0.463 e. The Hall–Kier alpha value is -3.15.